The van der Waals surface area contributed by atoms with Crippen LogP contribution >= 0.6 is 11.8 Å². The van der Waals surface area contributed by atoms with Crippen molar-refractivity contribution in [1.82, 2.24) is 10.2 Å². The maximum atomic E-state index is 12.1. The molecule has 0 bridgehead atoms. The van der Waals surface area contributed by atoms with Gasteiger partial charge in [-0.2, -0.15) is 0 Å². The van der Waals surface area contributed by atoms with Crippen molar-refractivity contribution in [1.29, 1.82) is 0 Å². The number of aromatic nitrogens is 2. The van der Waals surface area contributed by atoms with Gasteiger partial charge in [0.2, 0.25) is 0 Å². The van der Waals surface area contributed by atoms with Gasteiger partial charge in [-0.3, -0.25) is 9.59 Å². The van der Waals surface area contributed by atoms with E-state index in [1.165, 1.54) is 18.0 Å². The Morgan fingerprint density at radius 2 is 1.88 bits per heavy atom. The zero-order chi connectivity index (χ0) is 17.6. The van der Waals surface area contributed by atoms with Crippen LogP contribution in [0.4, 0.5) is 5.82 Å². The molecule has 0 aliphatic heterocycles. The number of hydrogen-bond donors (Lipinski definition) is 1. The van der Waals surface area contributed by atoms with Crippen LogP contribution < -0.4 is 5.32 Å². The number of nitrogens with one attached hydrogen (secondary N) is 1. The van der Waals surface area contributed by atoms with E-state index in [1.807, 2.05) is 31.2 Å². The number of carbonyl (C=O) groups excluding carboxylic acids is 2. The molecular weight excluding hydrogens is 338 g/mol. The first-order valence-corrected chi connectivity index (χ1v) is 8.51. The summed E-state index contributed by atoms with van der Waals surface area (Å²) in [6.45, 7) is 1.98. The normalized spacial score (nSPS) is 10.4. The molecule has 0 aliphatic carbocycles. The smallest absolute Gasteiger partial charge is 0.292 e. The Morgan fingerprint density at radius 3 is 2.52 bits per heavy atom. The van der Waals surface area contributed by atoms with Gasteiger partial charge in [0.15, 0.2) is 17.4 Å². The molecule has 3 aromatic rings. The Balaban J connectivity index is 1.54. The van der Waals surface area contributed by atoms with E-state index in [1.54, 1.807) is 24.3 Å². The highest BCUT2D eigenvalue weighted by molar-refractivity contribution is 7.99. The van der Waals surface area contributed by atoms with E-state index >= 15 is 0 Å². The van der Waals surface area contributed by atoms with Crippen LogP contribution in [0, 0.1) is 6.92 Å². The molecular formula is C18H15N3O3S. The van der Waals surface area contributed by atoms with Gasteiger partial charge in [0.25, 0.3) is 5.91 Å². The summed E-state index contributed by atoms with van der Waals surface area (Å²) < 4.78 is 5.00. The molecule has 0 radical (unpaired) electrons. The summed E-state index contributed by atoms with van der Waals surface area (Å²) in [5.41, 5.74) is 1.79. The van der Waals surface area contributed by atoms with Crippen molar-refractivity contribution in [2.75, 3.05) is 11.1 Å². The van der Waals surface area contributed by atoms with Crippen LogP contribution in [0.1, 0.15) is 26.5 Å². The minimum Gasteiger partial charge on any atom is -0.459 e. The number of aryl methyl sites for hydroxylation is 1. The summed E-state index contributed by atoms with van der Waals surface area (Å²) in [4.78, 5) is 24.0. The third-order valence-corrected chi connectivity index (χ3v) is 4.27. The molecule has 126 valence electrons. The molecule has 0 atom stereocenters. The molecule has 1 aromatic carbocycles. The lowest BCUT2D eigenvalue weighted by Gasteiger charge is -2.03. The predicted octanol–water partition coefficient (Wildman–Crippen LogP) is 3.61. The number of ketones is 1. The SMILES string of the molecule is Cc1ccc(C(=O)CSc2ccc(NC(=O)c3ccco3)nn2)cc1. The molecule has 0 unspecified atom stereocenters. The second-order valence-electron chi connectivity index (χ2n) is 5.27. The Labute approximate surface area is 148 Å². The number of rotatable bonds is 6. The summed E-state index contributed by atoms with van der Waals surface area (Å²) >= 11 is 1.30. The molecule has 0 fully saturated rings. The van der Waals surface area contributed by atoms with E-state index in [-0.39, 0.29) is 17.3 Å². The third-order valence-electron chi connectivity index (χ3n) is 3.35. The van der Waals surface area contributed by atoms with Gasteiger partial charge < -0.3 is 9.73 Å². The number of thioether (sulfide) groups is 1. The maximum Gasteiger partial charge on any atom is 0.292 e. The summed E-state index contributed by atoms with van der Waals surface area (Å²) in [5, 5.41) is 11.1. The molecule has 0 spiro atoms. The number of nitrogens with zero attached hydrogens (tertiary/aromatic N) is 2. The molecule has 1 N–H and O–H groups in total. The van der Waals surface area contributed by atoms with Crippen LogP contribution in [0.3, 0.4) is 0 Å². The number of benzene rings is 1. The first-order chi connectivity index (χ1) is 12.1. The first kappa shape index (κ1) is 16.9. The standard InChI is InChI=1S/C18H15N3O3S/c1-12-4-6-13(7-5-12)14(22)11-25-17-9-8-16(20-21-17)19-18(23)15-3-2-10-24-15/h2-10H,11H2,1H3,(H,19,20,23). The molecule has 2 heterocycles. The van der Waals surface area contributed by atoms with E-state index in [0.717, 1.165) is 5.56 Å². The van der Waals surface area contributed by atoms with E-state index in [2.05, 4.69) is 15.5 Å². The van der Waals surface area contributed by atoms with E-state index in [9.17, 15) is 9.59 Å². The van der Waals surface area contributed by atoms with Crippen LogP contribution in [0.15, 0.2) is 64.2 Å². The fraction of sp³-hybridized carbons (Fsp3) is 0.111. The minimum absolute atomic E-state index is 0.0296. The minimum atomic E-state index is -0.394. The number of hydrogen-bond acceptors (Lipinski definition) is 6. The quantitative estimate of drug-likeness (QED) is 0.538. The largest absolute Gasteiger partial charge is 0.459 e. The van der Waals surface area contributed by atoms with Crippen molar-refractivity contribution < 1.29 is 14.0 Å². The van der Waals surface area contributed by atoms with Crippen LogP contribution in [0.5, 0.6) is 0 Å². The number of furan rings is 1. The number of amides is 1. The molecule has 0 saturated carbocycles. The lowest BCUT2D eigenvalue weighted by atomic mass is 10.1. The molecule has 1 amide bonds. The highest BCUT2D eigenvalue weighted by atomic mass is 32.2. The second kappa shape index (κ2) is 7.76. The van der Waals surface area contributed by atoms with Crippen molar-refractivity contribution in [2.24, 2.45) is 0 Å². The van der Waals surface area contributed by atoms with Gasteiger partial charge in [0.1, 0.15) is 5.03 Å². The highest BCUT2D eigenvalue weighted by Crippen LogP contribution is 2.18. The van der Waals surface area contributed by atoms with E-state index < -0.39 is 5.91 Å². The maximum absolute atomic E-state index is 12.1. The van der Waals surface area contributed by atoms with Gasteiger partial charge in [-0.1, -0.05) is 41.6 Å². The molecule has 7 heteroatoms. The lowest BCUT2D eigenvalue weighted by Crippen LogP contribution is -2.12. The fourth-order valence-corrected chi connectivity index (χ4v) is 2.72. The van der Waals surface area contributed by atoms with Crippen molar-refractivity contribution in [3.63, 3.8) is 0 Å². The number of carbonyl (C=O) groups is 2. The van der Waals surface area contributed by atoms with Crippen molar-refractivity contribution in [2.45, 2.75) is 11.9 Å². The van der Waals surface area contributed by atoms with E-state index in [4.69, 9.17) is 4.42 Å². The summed E-state index contributed by atoms with van der Waals surface area (Å²) in [6, 6.07) is 14.0. The summed E-state index contributed by atoms with van der Waals surface area (Å²) in [7, 11) is 0. The first-order valence-electron chi connectivity index (χ1n) is 7.53. The van der Waals surface area contributed by atoms with Crippen molar-refractivity contribution in [3.8, 4) is 0 Å². The van der Waals surface area contributed by atoms with Gasteiger partial charge in [-0.15, -0.1) is 10.2 Å². The molecule has 6 nitrogen and oxygen atoms in total. The van der Waals surface area contributed by atoms with Crippen LogP contribution in [0.2, 0.25) is 0 Å². The molecule has 0 aliphatic rings. The van der Waals surface area contributed by atoms with Gasteiger partial charge in [-0.25, -0.2) is 0 Å². The van der Waals surface area contributed by atoms with Gasteiger partial charge >= 0.3 is 0 Å². The van der Waals surface area contributed by atoms with Crippen LogP contribution in [0.25, 0.3) is 0 Å². The monoisotopic (exact) mass is 353 g/mol. The predicted molar refractivity (Wildman–Crippen MR) is 94.9 cm³/mol. The molecule has 0 saturated heterocycles. The average molecular weight is 353 g/mol. The Kier molecular flexibility index (Phi) is 5.25. The zero-order valence-corrected chi connectivity index (χ0v) is 14.2. The summed E-state index contributed by atoms with van der Waals surface area (Å²) in [5.74, 6) is 0.423. The fourth-order valence-electron chi connectivity index (χ4n) is 2.01. The van der Waals surface area contributed by atoms with Crippen molar-refractivity contribution in [3.05, 3.63) is 71.7 Å². The number of anilines is 1. The van der Waals surface area contributed by atoms with Gasteiger partial charge in [0, 0.05) is 5.56 Å². The third kappa shape index (κ3) is 4.54. The van der Waals surface area contributed by atoms with E-state index in [0.29, 0.717) is 16.4 Å². The Morgan fingerprint density at radius 1 is 1.08 bits per heavy atom. The Hall–Kier alpha value is -2.93. The van der Waals surface area contributed by atoms with Crippen LogP contribution in [-0.2, 0) is 0 Å². The summed E-state index contributed by atoms with van der Waals surface area (Å²) in [6.07, 6.45) is 1.42. The zero-order valence-electron chi connectivity index (χ0n) is 13.4. The van der Waals surface area contributed by atoms with Crippen LogP contribution in [-0.4, -0.2) is 27.6 Å². The van der Waals surface area contributed by atoms with Crippen molar-refractivity contribution >= 4 is 29.3 Å². The van der Waals surface area contributed by atoms with Gasteiger partial charge in [-0.05, 0) is 31.2 Å². The molecule has 2 aromatic heterocycles. The molecule has 25 heavy (non-hydrogen) atoms. The second-order valence-corrected chi connectivity index (χ2v) is 6.26. The van der Waals surface area contributed by atoms with Gasteiger partial charge in [0.05, 0.1) is 12.0 Å². The topological polar surface area (TPSA) is 85.1 Å². The average Bonchev–Trinajstić information content (AvgIpc) is 3.16. The lowest BCUT2D eigenvalue weighted by molar-refractivity contribution is 0.0993. The number of Topliss-reactive ketones (excluding diaryl/α,β-unsaturated/α-hetero) is 1. The Bertz CT molecular complexity index is 860. The molecule has 3 rings (SSSR count). The highest BCUT2D eigenvalue weighted by Gasteiger charge is 2.11.